The number of fused-ring (bicyclic) bond motifs is 1. The number of nitrogens with zero attached hydrogens (tertiary/aromatic N) is 3. The van der Waals surface area contributed by atoms with E-state index in [4.69, 9.17) is 21.3 Å². The summed E-state index contributed by atoms with van der Waals surface area (Å²) < 4.78 is 6.42. The van der Waals surface area contributed by atoms with E-state index in [0.29, 0.717) is 17.2 Å². The average Bonchev–Trinajstić information content (AvgIpc) is 3.25. The van der Waals surface area contributed by atoms with Gasteiger partial charge in [-0.25, -0.2) is 9.97 Å². The van der Waals surface area contributed by atoms with Crippen molar-refractivity contribution in [1.29, 1.82) is 0 Å². The first-order valence-electron chi connectivity index (χ1n) is 11.6. The maximum Gasteiger partial charge on any atom is 0.140 e. The van der Waals surface area contributed by atoms with Crippen molar-refractivity contribution >= 4 is 28.5 Å². The lowest BCUT2D eigenvalue weighted by Gasteiger charge is -2.39. The fraction of sp³-hybridized carbons (Fsp3) is 0.520. The van der Waals surface area contributed by atoms with Crippen molar-refractivity contribution in [1.82, 2.24) is 15.0 Å². The van der Waals surface area contributed by atoms with E-state index in [9.17, 15) is 5.11 Å². The monoisotopic (exact) mass is 454 g/mol. The molecule has 1 aliphatic carbocycles. The Labute approximate surface area is 194 Å². The summed E-state index contributed by atoms with van der Waals surface area (Å²) in [6.45, 7) is 4.39. The first kappa shape index (κ1) is 21.7. The van der Waals surface area contributed by atoms with Gasteiger partial charge < -0.3 is 19.7 Å². The molecule has 32 heavy (non-hydrogen) atoms. The van der Waals surface area contributed by atoms with Crippen molar-refractivity contribution in [3.63, 3.8) is 0 Å². The van der Waals surface area contributed by atoms with Gasteiger partial charge in [-0.05, 0) is 74.3 Å². The molecule has 1 aromatic carbocycles. The smallest absolute Gasteiger partial charge is 0.140 e. The summed E-state index contributed by atoms with van der Waals surface area (Å²) in [5.74, 6) is 1.81. The normalized spacial score (nSPS) is 24.8. The molecule has 1 saturated carbocycles. The number of anilines is 1. The van der Waals surface area contributed by atoms with Gasteiger partial charge in [0, 0.05) is 36.5 Å². The summed E-state index contributed by atoms with van der Waals surface area (Å²) in [4.78, 5) is 15.0. The van der Waals surface area contributed by atoms with Crippen molar-refractivity contribution in [2.45, 2.75) is 57.7 Å². The van der Waals surface area contributed by atoms with Gasteiger partial charge in [0.1, 0.15) is 11.6 Å². The molecule has 2 aromatic heterocycles. The molecule has 1 aliphatic heterocycles. The number of hydrogen-bond acceptors (Lipinski definition) is 5. The number of rotatable bonds is 5. The highest BCUT2D eigenvalue weighted by Crippen LogP contribution is 2.37. The number of benzene rings is 1. The van der Waals surface area contributed by atoms with Gasteiger partial charge in [0.2, 0.25) is 0 Å². The number of hydrogen-bond donors (Lipinski definition) is 2. The van der Waals surface area contributed by atoms with Gasteiger partial charge in [-0.2, -0.15) is 0 Å². The average molecular weight is 455 g/mol. The molecule has 3 aromatic rings. The second kappa shape index (κ2) is 9.00. The molecule has 2 fully saturated rings. The number of aliphatic hydroxyl groups excluding tert-OH is 1. The first-order valence-corrected chi connectivity index (χ1v) is 12.0. The molecule has 0 amide bonds. The van der Waals surface area contributed by atoms with Gasteiger partial charge in [0.05, 0.1) is 23.2 Å². The summed E-state index contributed by atoms with van der Waals surface area (Å²) in [5.41, 5.74) is 2.88. The third kappa shape index (κ3) is 4.63. The zero-order chi connectivity index (χ0) is 22.1. The first-order chi connectivity index (χ1) is 15.5. The number of imidazole rings is 1. The van der Waals surface area contributed by atoms with Crippen molar-refractivity contribution < 1.29 is 9.84 Å². The molecule has 170 valence electrons. The van der Waals surface area contributed by atoms with Crippen LogP contribution in [0.25, 0.3) is 22.4 Å². The lowest BCUT2D eigenvalue weighted by atomic mass is 9.75. The Bertz CT molecular complexity index is 1050. The van der Waals surface area contributed by atoms with E-state index in [2.05, 4.69) is 33.9 Å². The minimum Gasteiger partial charge on any atom is -0.396 e. The molecule has 0 unspecified atom stereocenters. The molecule has 5 rings (SSSR count). The lowest BCUT2D eigenvalue weighted by Crippen LogP contribution is -2.40. The second-order valence-corrected chi connectivity index (χ2v) is 10.1. The van der Waals surface area contributed by atoms with Gasteiger partial charge in [-0.15, -0.1) is 0 Å². The Morgan fingerprint density at radius 1 is 1.12 bits per heavy atom. The Morgan fingerprint density at radius 3 is 2.56 bits per heavy atom. The maximum atomic E-state index is 9.56. The lowest BCUT2D eigenvalue weighted by molar-refractivity contribution is -0.0621. The summed E-state index contributed by atoms with van der Waals surface area (Å²) in [5, 5.41) is 10.3. The number of aromatic amines is 1. The van der Waals surface area contributed by atoms with Gasteiger partial charge in [-0.1, -0.05) is 18.5 Å². The zero-order valence-electron chi connectivity index (χ0n) is 18.6. The van der Waals surface area contributed by atoms with E-state index in [-0.39, 0.29) is 12.0 Å². The highest BCUT2D eigenvalue weighted by atomic mass is 35.5. The van der Waals surface area contributed by atoms with Gasteiger partial charge >= 0.3 is 0 Å². The fourth-order valence-corrected chi connectivity index (χ4v) is 5.08. The van der Waals surface area contributed by atoms with Crippen LogP contribution in [0, 0.1) is 5.41 Å². The number of nitrogens with one attached hydrogen (secondary N) is 1. The van der Waals surface area contributed by atoms with Crippen molar-refractivity contribution in [3.05, 3.63) is 41.6 Å². The van der Waals surface area contributed by atoms with Crippen LogP contribution < -0.4 is 4.90 Å². The Balaban J connectivity index is 1.15. The largest absolute Gasteiger partial charge is 0.396 e. The van der Waals surface area contributed by atoms with E-state index in [0.717, 1.165) is 79.9 Å². The fourth-order valence-electron chi connectivity index (χ4n) is 4.91. The summed E-state index contributed by atoms with van der Waals surface area (Å²) in [7, 11) is 0. The predicted octanol–water partition coefficient (Wildman–Crippen LogP) is 5.20. The summed E-state index contributed by atoms with van der Waals surface area (Å²) >= 11 is 6.08. The molecule has 2 aliphatic rings. The molecule has 3 heterocycles. The van der Waals surface area contributed by atoms with E-state index in [1.54, 1.807) is 0 Å². The molecule has 0 atom stereocenters. The molecule has 1 saturated heterocycles. The Kier molecular flexibility index (Phi) is 6.10. The molecule has 0 spiro atoms. The third-order valence-corrected chi connectivity index (χ3v) is 7.37. The van der Waals surface area contributed by atoms with Crippen molar-refractivity contribution in [3.8, 4) is 11.4 Å². The number of halogens is 1. The van der Waals surface area contributed by atoms with E-state index >= 15 is 0 Å². The van der Waals surface area contributed by atoms with Crippen molar-refractivity contribution in [2.24, 2.45) is 5.41 Å². The number of piperidine rings is 1. The predicted molar refractivity (Wildman–Crippen MR) is 128 cm³/mol. The standard InChI is InChI=1S/C25H31ClN4O2/c1-25(16-31)10-6-19(7-11-25)32-20-8-12-30(13-9-20)23-5-2-17(15-27-23)24-28-21-4-3-18(26)14-22(21)29-24/h2-5,14-15,19-20,31H,6-13,16H2,1H3,(H,28,29). The number of aliphatic hydroxyl groups is 1. The van der Waals surface area contributed by atoms with Gasteiger partial charge in [-0.3, -0.25) is 0 Å². The molecular weight excluding hydrogens is 424 g/mol. The quantitative estimate of drug-likeness (QED) is 0.553. The minimum atomic E-state index is 0.0937. The minimum absolute atomic E-state index is 0.0937. The van der Waals surface area contributed by atoms with Crippen molar-refractivity contribution in [2.75, 3.05) is 24.6 Å². The summed E-state index contributed by atoms with van der Waals surface area (Å²) in [6.07, 6.45) is 8.87. The van der Waals surface area contributed by atoms with Gasteiger partial charge in [0.25, 0.3) is 0 Å². The highest BCUT2D eigenvalue weighted by Gasteiger charge is 2.32. The number of pyridine rings is 1. The molecule has 6 nitrogen and oxygen atoms in total. The Hall–Kier alpha value is -2.15. The van der Waals surface area contributed by atoms with Crippen LogP contribution in [0.15, 0.2) is 36.5 Å². The van der Waals surface area contributed by atoms with Crippen LogP contribution in [0.1, 0.15) is 45.4 Å². The van der Waals surface area contributed by atoms with Crippen LogP contribution in [0.2, 0.25) is 5.02 Å². The Morgan fingerprint density at radius 2 is 1.88 bits per heavy atom. The molecule has 0 radical (unpaired) electrons. The zero-order valence-corrected chi connectivity index (χ0v) is 19.3. The number of H-pyrrole nitrogens is 1. The van der Waals surface area contributed by atoms with E-state index in [1.807, 2.05) is 24.4 Å². The van der Waals surface area contributed by atoms with Crippen LogP contribution in [0.3, 0.4) is 0 Å². The second-order valence-electron chi connectivity index (χ2n) is 9.64. The maximum absolute atomic E-state index is 9.56. The number of ether oxygens (including phenoxy) is 1. The molecular formula is C25H31ClN4O2. The van der Waals surface area contributed by atoms with Crippen LogP contribution in [-0.4, -0.2) is 52.0 Å². The van der Waals surface area contributed by atoms with Crippen LogP contribution >= 0.6 is 11.6 Å². The van der Waals surface area contributed by atoms with E-state index < -0.39 is 0 Å². The van der Waals surface area contributed by atoms with Crippen LogP contribution in [-0.2, 0) is 4.74 Å². The van der Waals surface area contributed by atoms with Gasteiger partial charge in [0.15, 0.2) is 0 Å². The highest BCUT2D eigenvalue weighted by molar-refractivity contribution is 6.31. The molecule has 0 bridgehead atoms. The summed E-state index contributed by atoms with van der Waals surface area (Å²) in [6, 6.07) is 9.81. The topological polar surface area (TPSA) is 74.3 Å². The molecule has 7 heteroatoms. The SMILES string of the molecule is CC1(CO)CCC(OC2CCN(c3ccc(-c4nc5ccc(Cl)cc5[nH]4)cn3)CC2)CC1. The van der Waals surface area contributed by atoms with Crippen LogP contribution in [0.4, 0.5) is 5.82 Å². The van der Waals surface area contributed by atoms with E-state index in [1.165, 1.54) is 0 Å². The van der Waals surface area contributed by atoms with Crippen LogP contribution in [0.5, 0.6) is 0 Å². The molecule has 2 N–H and O–H groups in total. The number of aromatic nitrogens is 3. The third-order valence-electron chi connectivity index (χ3n) is 7.14.